The van der Waals surface area contributed by atoms with Crippen LogP contribution in [0.5, 0.6) is 0 Å². The van der Waals surface area contributed by atoms with E-state index in [1.54, 1.807) is 7.11 Å². The van der Waals surface area contributed by atoms with Gasteiger partial charge in [0.15, 0.2) is 0 Å². The molecule has 96 valence electrons. The lowest BCUT2D eigenvalue weighted by Crippen LogP contribution is -2.48. The van der Waals surface area contributed by atoms with Gasteiger partial charge in [0.1, 0.15) is 0 Å². The average Bonchev–Trinajstić information content (AvgIpc) is 2.72. The van der Waals surface area contributed by atoms with E-state index in [4.69, 9.17) is 4.74 Å². The first kappa shape index (κ1) is 13.9. The molecule has 1 fully saturated rings. The number of ether oxygens (including phenoxy) is 1. The van der Waals surface area contributed by atoms with Gasteiger partial charge in [0, 0.05) is 32.8 Å². The largest absolute Gasteiger partial charge is 0.383 e. The van der Waals surface area contributed by atoms with Gasteiger partial charge in [0.05, 0.1) is 6.61 Å². The molecule has 0 radical (unpaired) electrons. The summed E-state index contributed by atoms with van der Waals surface area (Å²) >= 11 is 0. The molecule has 1 aliphatic rings. The molecule has 2 N–H and O–H groups in total. The molecule has 6 nitrogen and oxygen atoms in total. The van der Waals surface area contributed by atoms with E-state index in [-0.39, 0.29) is 6.04 Å². The number of nitrogens with one attached hydrogen (secondary N) is 2. The second kappa shape index (κ2) is 6.51. The second-order valence-electron chi connectivity index (χ2n) is 3.74. The van der Waals surface area contributed by atoms with Crippen LogP contribution in [-0.4, -0.2) is 58.7 Å². The van der Waals surface area contributed by atoms with Crippen molar-refractivity contribution < 1.29 is 13.2 Å². The van der Waals surface area contributed by atoms with E-state index in [9.17, 15) is 8.42 Å². The van der Waals surface area contributed by atoms with Crippen LogP contribution in [-0.2, 0) is 14.9 Å². The predicted molar refractivity (Wildman–Crippen MR) is 62.5 cm³/mol. The highest BCUT2D eigenvalue weighted by Gasteiger charge is 2.30. The molecular weight excluding hydrogens is 230 g/mol. The molecule has 1 saturated heterocycles. The van der Waals surface area contributed by atoms with E-state index in [1.165, 1.54) is 4.31 Å². The molecule has 0 bridgehead atoms. The number of methoxy groups -OCH3 is 1. The lowest BCUT2D eigenvalue weighted by Gasteiger charge is -2.26. The van der Waals surface area contributed by atoms with Crippen molar-refractivity contribution in [1.29, 1.82) is 0 Å². The maximum Gasteiger partial charge on any atom is 0.279 e. The fraction of sp³-hybridized carbons (Fsp3) is 1.00. The zero-order chi connectivity index (χ0) is 12.0. The molecule has 1 rings (SSSR count). The normalized spacial score (nSPS) is 21.8. The van der Waals surface area contributed by atoms with Crippen molar-refractivity contribution in [3.05, 3.63) is 0 Å². The Labute approximate surface area is 97.5 Å². The third-order valence-corrected chi connectivity index (χ3v) is 4.40. The third kappa shape index (κ3) is 3.67. The summed E-state index contributed by atoms with van der Waals surface area (Å²) in [6.07, 6.45) is 0.874. The summed E-state index contributed by atoms with van der Waals surface area (Å²) in [6, 6.07) is 0.0741. The molecule has 1 unspecified atom stereocenters. The molecule has 1 aliphatic heterocycles. The molecule has 0 saturated carbocycles. The molecule has 0 aromatic heterocycles. The van der Waals surface area contributed by atoms with Gasteiger partial charge in [0.2, 0.25) is 0 Å². The molecule has 16 heavy (non-hydrogen) atoms. The summed E-state index contributed by atoms with van der Waals surface area (Å²) in [5.74, 6) is 0. The number of rotatable bonds is 7. The predicted octanol–water partition coefficient (Wildman–Crippen LogP) is -0.849. The Bertz CT molecular complexity index is 288. The summed E-state index contributed by atoms with van der Waals surface area (Å²) < 4.78 is 32.8. The summed E-state index contributed by atoms with van der Waals surface area (Å²) in [4.78, 5) is 0. The lowest BCUT2D eigenvalue weighted by atomic mass is 10.3. The van der Waals surface area contributed by atoms with Gasteiger partial charge in [-0.3, -0.25) is 0 Å². The van der Waals surface area contributed by atoms with Crippen molar-refractivity contribution in [3.8, 4) is 0 Å². The molecule has 0 aliphatic carbocycles. The first-order chi connectivity index (χ1) is 7.61. The van der Waals surface area contributed by atoms with Crippen LogP contribution in [0.1, 0.15) is 13.3 Å². The van der Waals surface area contributed by atoms with Gasteiger partial charge in [-0.15, -0.1) is 0 Å². The Kier molecular flexibility index (Phi) is 5.63. The highest BCUT2D eigenvalue weighted by molar-refractivity contribution is 7.87. The van der Waals surface area contributed by atoms with Crippen molar-refractivity contribution in [2.75, 3.05) is 39.9 Å². The van der Waals surface area contributed by atoms with Gasteiger partial charge in [-0.25, -0.2) is 0 Å². The Morgan fingerprint density at radius 1 is 1.56 bits per heavy atom. The van der Waals surface area contributed by atoms with E-state index in [0.29, 0.717) is 19.7 Å². The summed E-state index contributed by atoms with van der Waals surface area (Å²) in [5, 5.41) is 3.17. The van der Waals surface area contributed by atoms with Gasteiger partial charge in [0.25, 0.3) is 10.2 Å². The minimum absolute atomic E-state index is 0.0741. The molecular formula is C9H21N3O3S. The highest BCUT2D eigenvalue weighted by atomic mass is 32.2. The Balaban J connectivity index is 2.55. The van der Waals surface area contributed by atoms with E-state index in [2.05, 4.69) is 10.0 Å². The van der Waals surface area contributed by atoms with Gasteiger partial charge >= 0.3 is 0 Å². The van der Waals surface area contributed by atoms with Crippen molar-refractivity contribution in [3.63, 3.8) is 0 Å². The topological polar surface area (TPSA) is 70.7 Å². The number of hydrogen-bond acceptors (Lipinski definition) is 4. The SMILES string of the molecule is CCN(C1CCNC1)S(=O)(=O)NCCOC. The van der Waals surface area contributed by atoms with Crippen molar-refractivity contribution in [2.24, 2.45) is 0 Å². The Hall–Kier alpha value is -0.210. The van der Waals surface area contributed by atoms with Crippen LogP contribution in [0.4, 0.5) is 0 Å². The molecule has 1 heterocycles. The Morgan fingerprint density at radius 3 is 2.81 bits per heavy atom. The number of hydrogen-bond donors (Lipinski definition) is 2. The van der Waals surface area contributed by atoms with Crippen LogP contribution < -0.4 is 10.0 Å². The monoisotopic (exact) mass is 251 g/mol. The minimum Gasteiger partial charge on any atom is -0.383 e. The van der Waals surface area contributed by atoms with E-state index >= 15 is 0 Å². The van der Waals surface area contributed by atoms with Gasteiger partial charge in [-0.2, -0.15) is 17.4 Å². The second-order valence-corrected chi connectivity index (χ2v) is 5.45. The smallest absolute Gasteiger partial charge is 0.279 e. The fourth-order valence-corrected chi connectivity index (χ4v) is 3.28. The van der Waals surface area contributed by atoms with E-state index < -0.39 is 10.2 Å². The van der Waals surface area contributed by atoms with Crippen molar-refractivity contribution in [2.45, 2.75) is 19.4 Å². The lowest BCUT2D eigenvalue weighted by molar-refractivity contribution is 0.203. The maximum absolute atomic E-state index is 12.0. The first-order valence-electron chi connectivity index (χ1n) is 5.58. The zero-order valence-electron chi connectivity index (χ0n) is 9.90. The minimum atomic E-state index is -3.36. The van der Waals surface area contributed by atoms with Crippen LogP contribution in [0.3, 0.4) is 0 Å². The number of likely N-dealkylation sites (N-methyl/N-ethyl adjacent to an activating group) is 1. The quantitative estimate of drug-likeness (QED) is 0.578. The van der Waals surface area contributed by atoms with E-state index in [1.807, 2.05) is 6.92 Å². The van der Waals surface area contributed by atoms with Crippen LogP contribution in [0, 0.1) is 0 Å². The van der Waals surface area contributed by atoms with Crippen molar-refractivity contribution >= 4 is 10.2 Å². The van der Waals surface area contributed by atoms with Gasteiger partial charge in [-0.1, -0.05) is 6.92 Å². The molecule has 7 heteroatoms. The van der Waals surface area contributed by atoms with E-state index in [0.717, 1.165) is 19.5 Å². The summed E-state index contributed by atoms with van der Waals surface area (Å²) in [5.41, 5.74) is 0. The highest BCUT2D eigenvalue weighted by Crippen LogP contribution is 2.11. The van der Waals surface area contributed by atoms with Crippen LogP contribution in [0.25, 0.3) is 0 Å². The van der Waals surface area contributed by atoms with Crippen LogP contribution in [0.15, 0.2) is 0 Å². The molecule has 0 aromatic rings. The van der Waals surface area contributed by atoms with Crippen LogP contribution >= 0.6 is 0 Å². The molecule has 0 aromatic carbocycles. The molecule has 0 spiro atoms. The number of nitrogens with zero attached hydrogens (tertiary/aromatic N) is 1. The maximum atomic E-state index is 12.0. The van der Waals surface area contributed by atoms with Crippen LogP contribution in [0.2, 0.25) is 0 Å². The fourth-order valence-electron chi connectivity index (χ4n) is 1.87. The Morgan fingerprint density at radius 2 is 2.31 bits per heavy atom. The zero-order valence-corrected chi connectivity index (χ0v) is 10.7. The average molecular weight is 251 g/mol. The molecule has 0 amide bonds. The summed E-state index contributed by atoms with van der Waals surface area (Å²) in [6.45, 7) is 4.67. The molecule has 1 atom stereocenters. The first-order valence-corrected chi connectivity index (χ1v) is 7.02. The van der Waals surface area contributed by atoms with Gasteiger partial charge in [-0.05, 0) is 13.0 Å². The van der Waals surface area contributed by atoms with Gasteiger partial charge < -0.3 is 10.1 Å². The van der Waals surface area contributed by atoms with Crippen molar-refractivity contribution in [1.82, 2.24) is 14.3 Å². The summed E-state index contributed by atoms with van der Waals surface area (Å²) in [7, 11) is -1.82. The standard InChI is InChI=1S/C9H21N3O3S/c1-3-12(9-4-5-10-8-9)16(13,14)11-6-7-15-2/h9-11H,3-8H2,1-2H3. The third-order valence-electron chi connectivity index (χ3n) is 2.65.